The lowest BCUT2D eigenvalue weighted by atomic mass is 9.76. The summed E-state index contributed by atoms with van der Waals surface area (Å²) < 4.78 is 50.0. The molecule has 0 aromatic heterocycles. The Morgan fingerprint density at radius 3 is 2.29 bits per heavy atom. The third-order valence-corrected chi connectivity index (χ3v) is 7.86. The van der Waals surface area contributed by atoms with Crippen molar-refractivity contribution >= 4 is 0 Å². The predicted octanol–water partition coefficient (Wildman–Crippen LogP) is 9.91. The molecule has 1 heterocycles. The zero-order valence-corrected chi connectivity index (χ0v) is 20.8. The van der Waals surface area contributed by atoms with E-state index < -0.39 is 11.9 Å². The van der Waals surface area contributed by atoms with Crippen molar-refractivity contribution in [1.29, 1.82) is 0 Å². The van der Waals surface area contributed by atoms with E-state index in [-0.39, 0.29) is 11.3 Å². The van der Waals surface area contributed by atoms with E-state index in [2.05, 4.69) is 6.92 Å². The fourth-order valence-electron chi connectivity index (χ4n) is 5.84. The van der Waals surface area contributed by atoms with Crippen LogP contribution in [0.15, 0.2) is 30.3 Å². The Morgan fingerprint density at radius 1 is 0.853 bits per heavy atom. The molecule has 0 saturated heterocycles. The van der Waals surface area contributed by atoms with Gasteiger partial charge in [0.25, 0.3) is 0 Å². The van der Waals surface area contributed by atoms with E-state index in [4.69, 9.17) is 4.74 Å². The topological polar surface area (TPSA) is 9.23 Å². The molecule has 0 N–H and O–H groups in total. The normalized spacial score (nSPS) is 21.0. The van der Waals surface area contributed by atoms with E-state index >= 15 is 8.78 Å². The van der Waals surface area contributed by atoms with Gasteiger partial charge in [-0.3, -0.25) is 0 Å². The number of fused-ring (bicyclic) bond motifs is 3. The molecule has 0 unspecified atom stereocenters. The molecule has 2 aliphatic rings. The van der Waals surface area contributed by atoms with E-state index in [1.807, 2.05) is 13.0 Å². The second-order valence-corrected chi connectivity index (χ2v) is 10.4. The van der Waals surface area contributed by atoms with E-state index in [0.717, 1.165) is 30.7 Å². The van der Waals surface area contributed by atoms with Gasteiger partial charge in [0, 0.05) is 5.56 Å². The van der Waals surface area contributed by atoms with Crippen LogP contribution in [-0.4, -0.2) is 0 Å². The van der Waals surface area contributed by atoms with Gasteiger partial charge in [0.1, 0.15) is 0 Å². The molecule has 4 rings (SSSR count). The molecule has 2 aromatic carbocycles. The van der Waals surface area contributed by atoms with Gasteiger partial charge < -0.3 is 4.74 Å². The molecule has 0 bridgehead atoms. The molecule has 1 fully saturated rings. The highest BCUT2D eigenvalue weighted by atomic mass is 19.3. The van der Waals surface area contributed by atoms with Crippen molar-refractivity contribution in [3.8, 4) is 16.9 Å². The third kappa shape index (κ3) is 5.47. The number of halogens is 3. The molecular formula is C30H39F3O. The number of alkyl halides is 2. The van der Waals surface area contributed by atoms with Gasteiger partial charge in [0.15, 0.2) is 11.6 Å². The molecule has 186 valence electrons. The standard InChI is InChI=1S/C30H39F3O/c1-3-5-6-7-8-9-11-21-12-14-22(15-13-21)24-17-18-25-26-19-16-23(10-4-2)28(31)29(26)34-30(32,33)27(25)20-24/h16-22H,3-15H2,1-2H3. The second-order valence-electron chi connectivity index (χ2n) is 10.4. The lowest BCUT2D eigenvalue weighted by Crippen LogP contribution is -2.28. The number of hydrogen-bond acceptors (Lipinski definition) is 1. The Hall–Kier alpha value is -1.97. The molecule has 4 heteroatoms. The number of benzene rings is 2. The smallest absolute Gasteiger partial charge is 0.425 e. The minimum absolute atomic E-state index is 0.130. The van der Waals surface area contributed by atoms with Crippen LogP contribution in [0.5, 0.6) is 5.75 Å². The van der Waals surface area contributed by atoms with Crippen LogP contribution in [0.25, 0.3) is 11.1 Å². The van der Waals surface area contributed by atoms with Gasteiger partial charge in [0.05, 0.1) is 5.56 Å². The number of unbranched alkanes of at least 4 members (excludes halogenated alkanes) is 5. The molecule has 1 saturated carbocycles. The first-order valence-corrected chi connectivity index (χ1v) is 13.5. The fourth-order valence-corrected chi connectivity index (χ4v) is 5.84. The second kappa shape index (κ2) is 11.2. The van der Waals surface area contributed by atoms with Gasteiger partial charge >= 0.3 is 6.11 Å². The van der Waals surface area contributed by atoms with E-state index in [9.17, 15) is 4.39 Å². The van der Waals surface area contributed by atoms with Crippen LogP contribution in [-0.2, 0) is 12.5 Å². The minimum atomic E-state index is -3.53. The number of rotatable bonds is 10. The van der Waals surface area contributed by atoms with E-state index in [1.165, 1.54) is 57.8 Å². The summed E-state index contributed by atoms with van der Waals surface area (Å²) in [7, 11) is 0. The third-order valence-electron chi connectivity index (χ3n) is 7.86. The summed E-state index contributed by atoms with van der Waals surface area (Å²) in [5.74, 6) is 0.118. The largest absolute Gasteiger partial charge is 0.427 e. The lowest BCUT2D eigenvalue weighted by molar-refractivity contribution is -0.188. The Balaban J connectivity index is 1.43. The maximum absolute atomic E-state index is 15.0. The Kier molecular flexibility index (Phi) is 8.26. The average molecular weight is 473 g/mol. The maximum atomic E-state index is 15.0. The molecule has 0 atom stereocenters. The summed E-state index contributed by atoms with van der Waals surface area (Å²) in [5, 5.41) is 0. The van der Waals surface area contributed by atoms with Gasteiger partial charge in [-0.25, -0.2) is 4.39 Å². The summed E-state index contributed by atoms with van der Waals surface area (Å²) >= 11 is 0. The van der Waals surface area contributed by atoms with Gasteiger partial charge in [-0.15, -0.1) is 0 Å². The number of aryl methyl sites for hydroxylation is 1. The molecule has 1 aliphatic carbocycles. The quantitative estimate of drug-likeness (QED) is 0.313. The van der Waals surface area contributed by atoms with Gasteiger partial charge in [-0.2, -0.15) is 8.78 Å². The predicted molar refractivity (Wildman–Crippen MR) is 133 cm³/mol. The van der Waals surface area contributed by atoms with Crippen LogP contribution < -0.4 is 4.74 Å². The average Bonchev–Trinajstić information content (AvgIpc) is 2.84. The van der Waals surface area contributed by atoms with Crippen molar-refractivity contribution in [2.24, 2.45) is 5.92 Å². The summed E-state index contributed by atoms with van der Waals surface area (Å²) in [6.07, 6.45) is 11.5. The first-order chi connectivity index (χ1) is 16.4. The fraction of sp³-hybridized carbons (Fsp3) is 0.600. The van der Waals surface area contributed by atoms with Crippen molar-refractivity contribution in [2.45, 2.75) is 109 Å². The summed E-state index contributed by atoms with van der Waals surface area (Å²) in [6.45, 7) is 4.18. The SMILES string of the molecule is CCCCCCCCC1CCC(c2ccc3c(c2)C(F)(F)Oc2c-3ccc(CCC)c2F)CC1. The summed E-state index contributed by atoms with van der Waals surface area (Å²) in [6, 6.07) is 8.77. The van der Waals surface area contributed by atoms with Crippen LogP contribution >= 0.6 is 0 Å². The highest BCUT2D eigenvalue weighted by Gasteiger charge is 2.44. The molecular weight excluding hydrogens is 433 g/mol. The maximum Gasteiger partial charge on any atom is 0.427 e. The van der Waals surface area contributed by atoms with E-state index in [0.29, 0.717) is 29.0 Å². The number of ether oxygens (including phenoxy) is 1. The van der Waals surface area contributed by atoms with Crippen molar-refractivity contribution in [3.63, 3.8) is 0 Å². The van der Waals surface area contributed by atoms with E-state index in [1.54, 1.807) is 24.3 Å². The van der Waals surface area contributed by atoms with Crippen molar-refractivity contribution < 1.29 is 17.9 Å². The zero-order valence-electron chi connectivity index (χ0n) is 20.8. The van der Waals surface area contributed by atoms with Gasteiger partial charge in [0.2, 0.25) is 0 Å². The molecule has 34 heavy (non-hydrogen) atoms. The zero-order chi connectivity index (χ0) is 24.1. The highest BCUT2D eigenvalue weighted by Crippen LogP contribution is 2.50. The molecule has 0 amide bonds. The van der Waals surface area contributed by atoms with Gasteiger partial charge in [-0.05, 0) is 66.7 Å². The Morgan fingerprint density at radius 2 is 1.56 bits per heavy atom. The van der Waals surface area contributed by atoms with Crippen molar-refractivity contribution in [3.05, 3.63) is 52.8 Å². The molecule has 2 aromatic rings. The first kappa shape index (κ1) is 25.1. The van der Waals surface area contributed by atoms with Crippen LogP contribution in [0.1, 0.15) is 114 Å². The lowest BCUT2D eigenvalue weighted by Gasteiger charge is -2.32. The molecule has 1 aliphatic heterocycles. The molecule has 1 nitrogen and oxygen atoms in total. The van der Waals surface area contributed by atoms with Crippen molar-refractivity contribution in [2.75, 3.05) is 0 Å². The van der Waals surface area contributed by atoms with Crippen LogP contribution in [0.3, 0.4) is 0 Å². The monoisotopic (exact) mass is 472 g/mol. The minimum Gasteiger partial charge on any atom is -0.425 e. The Bertz CT molecular complexity index is 960. The highest BCUT2D eigenvalue weighted by molar-refractivity contribution is 5.77. The summed E-state index contributed by atoms with van der Waals surface area (Å²) in [5.41, 5.74) is 2.07. The summed E-state index contributed by atoms with van der Waals surface area (Å²) in [4.78, 5) is 0. The van der Waals surface area contributed by atoms with Crippen molar-refractivity contribution in [1.82, 2.24) is 0 Å². The van der Waals surface area contributed by atoms with Gasteiger partial charge in [-0.1, -0.05) is 89.5 Å². The molecule has 0 radical (unpaired) electrons. The van der Waals surface area contributed by atoms with Crippen LogP contribution in [0, 0.1) is 11.7 Å². The molecule has 0 spiro atoms. The van der Waals surface area contributed by atoms with Crippen LogP contribution in [0.4, 0.5) is 13.2 Å². The van der Waals surface area contributed by atoms with Crippen LogP contribution in [0.2, 0.25) is 0 Å². The Labute approximate surface area is 203 Å². The first-order valence-electron chi connectivity index (χ1n) is 13.5. The number of hydrogen-bond donors (Lipinski definition) is 0.